The number of aliphatic hydroxyl groups excluding tert-OH is 1. The van der Waals surface area contributed by atoms with E-state index in [1.165, 1.54) is 6.42 Å². The molecule has 5 rings (SSSR count). The number of para-hydroxylation sites is 1. The molecule has 1 fully saturated rings. The topological polar surface area (TPSA) is 85.9 Å². The fourth-order valence-electron chi connectivity index (χ4n) is 5.87. The molecule has 212 valence electrons. The first-order valence-electron chi connectivity index (χ1n) is 14.2. The number of hydrogen-bond donors (Lipinski definition) is 1. The van der Waals surface area contributed by atoms with Crippen LogP contribution in [0, 0.1) is 6.92 Å². The Bertz CT molecular complexity index is 1400. The summed E-state index contributed by atoms with van der Waals surface area (Å²) in [5.41, 5.74) is 3.91. The lowest BCUT2D eigenvalue weighted by Crippen LogP contribution is -2.41. The zero-order chi connectivity index (χ0) is 28.2. The molecule has 0 bridgehead atoms. The standard InChI is InChI=1S/C32H39N3O5/c1-22-30(32(38)35(34(22)3)27-12-8-5-9-13-27)25-18-28(31(37)33(2)26-10-6-4-7-11-26)40-29(19-25)39-21-24-16-14-23(20-36)15-17-24/h5,8-9,12-18,25-26,29,36H,4,6-7,10-11,19-21H2,1-3H3/t25-,29+/m1/s1. The summed E-state index contributed by atoms with van der Waals surface area (Å²) in [6.07, 6.45) is 6.95. The molecule has 1 aliphatic heterocycles. The van der Waals surface area contributed by atoms with Gasteiger partial charge >= 0.3 is 0 Å². The zero-order valence-corrected chi connectivity index (χ0v) is 23.6. The molecule has 1 aromatic heterocycles. The maximum absolute atomic E-state index is 13.8. The van der Waals surface area contributed by atoms with Gasteiger partial charge in [0.15, 0.2) is 5.76 Å². The number of hydrogen-bond acceptors (Lipinski definition) is 5. The molecular weight excluding hydrogens is 506 g/mol. The summed E-state index contributed by atoms with van der Waals surface area (Å²) in [5.74, 6) is -0.286. The number of rotatable bonds is 8. The molecule has 8 heteroatoms. The number of carbonyl (C=O) groups excluding carboxylic acids is 1. The highest BCUT2D eigenvalue weighted by molar-refractivity contribution is 5.91. The number of ether oxygens (including phenoxy) is 2. The van der Waals surface area contributed by atoms with Gasteiger partial charge in [-0.25, -0.2) is 4.68 Å². The fraction of sp³-hybridized carbons (Fsp3) is 0.438. The summed E-state index contributed by atoms with van der Waals surface area (Å²) in [5, 5.41) is 9.34. The molecule has 2 aromatic carbocycles. The fourth-order valence-corrected chi connectivity index (χ4v) is 5.87. The molecule has 0 spiro atoms. The monoisotopic (exact) mass is 545 g/mol. The Hall–Kier alpha value is -3.62. The van der Waals surface area contributed by atoms with Crippen molar-refractivity contribution in [3.8, 4) is 5.69 Å². The maximum Gasteiger partial charge on any atom is 0.288 e. The molecule has 0 unspecified atom stereocenters. The summed E-state index contributed by atoms with van der Waals surface area (Å²) in [4.78, 5) is 29.3. The first-order valence-corrected chi connectivity index (χ1v) is 14.2. The van der Waals surface area contributed by atoms with Gasteiger partial charge < -0.3 is 19.5 Å². The molecule has 1 saturated carbocycles. The number of likely N-dealkylation sites (N-methyl/N-ethyl adjacent to an activating group) is 1. The van der Waals surface area contributed by atoms with Gasteiger partial charge in [0, 0.05) is 43.7 Å². The van der Waals surface area contributed by atoms with Crippen LogP contribution in [0.1, 0.15) is 66.8 Å². The predicted molar refractivity (Wildman–Crippen MR) is 153 cm³/mol. The van der Waals surface area contributed by atoms with Gasteiger partial charge in [-0.15, -0.1) is 0 Å². The third-order valence-corrected chi connectivity index (χ3v) is 8.32. The average molecular weight is 546 g/mol. The van der Waals surface area contributed by atoms with E-state index in [0.717, 1.165) is 48.2 Å². The quantitative estimate of drug-likeness (QED) is 0.444. The molecule has 1 amide bonds. The first-order chi connectivity index (χ1) is 19.4. The SMILES string of the molecule is Cc1c([C@@H]2C=C(C(=O)N(C)C3CCCCC3)O[C@H](OCc3ccc(CO)cc3)C2)c(=O)n(-c2ccccc2)n1C. The largest absolute Gasteiger partial charge is 0.459 e. The van der Waals surface area contributed by atoms with Crippen LogP contribution in [0.5, 0.6) is 0 Å². The molecule has 1 N–H and O–H groups in total. The number of carbonyl (C=O) groups is 1. The Morgan fingerprint density at radius 1 is 1.05 bits per heavy atom. The van der Waals surface area contributed by atoms with Crippen molar-refractivity contribution in [2.45, 2.75) is 76.9 Å². The molecule has 8 nitrogen and oxygen atoms in total. The van der Waals surface area contributed by atoms with E-state index in [4.69, 9.17) is 9.47 Å². The van der Waals surface area contributed by atoms with E-state index in [1.54, 1.807) is 9.58 Å². The lowest BCUT2D eigenvalue weighted by Gasteiger charge is -2.34. The van der Waals surface area contributed by atoms with E-state index < -0.39 is 6.29 Å². The van der Waals surface area contributed by atoms with Crippen molar-refractivity contribution in [1.82, 2.24) is 14.3 Å². The minimum atomic E-state index is -0.699. The number of allylic oxidation sites excluding steroid dienone is 1. The normalized spacial score (nSPS) is 19.6. The van der Waals surface area contributed by atoms with Crippen molar-refractivity contribution < 1.29 is 19.4 Å². The summed E-state index contributed by atoms with van der Waals surface area (Å²) >= 11 is 0. The van der Waals surface area contributed by atoms with E-state index in [2.05, 4.69) is 0 Å². The molecule has 2 aliphatic rings. The van der Waals surface area contributed by atoms with E-state index in [9.17, 15) is 14.7 Å². The summed E-state index contributed by atoms with van der Waals surface area (Å²) in [7, 11) is 3.73. The van der Waals surface area contributed by atoms with Gasteiger partial charge in [0.25, 0.3) is 11.5 Å². The van der Waals surface area contributed by atoms with Crippen LogP contribution < -0.4 is 5.56 Å². The van der Waals surface area contributed by atoms with Crippen LogP contribution in [0.3, 0.4) is 0 Å². The molecule has 40 heavy (non-hydrogen) atoms. The molecule has 3 aromatic rings. The Balaban J connectivity index is 1.46. The van der Waals surface area contributed by atoms with Gasteiger partial charge in [-0.3, -0.25) is 14.3 Å². The van der Waals surface area contributed by atoms with E-state index in [-0.39, 0.29) is 42.4 Å². The highest BCUT2D eigenvalue weighted by Crippen LogP contribution is 2.34. The van der Waals surface area contributed by atoms with Gasteiger partial charge in [0.2, 0.25) is 6.29 Å². The molecular formula is C32H39N3O5. The van der Waals surface area contributed by atoms with Gasteiger partial charge in [0.05, 0.1) is 18.9 Å². The highest BCUT2D eigenvalue weighted by Gasteiger charge is 2.35. The molecule has 0 saturated heterocycles. The third-order valence-electron chi connectivity index (χ3n) is 8.32. The van der Waals surface area contributed by atoms with Gasteiger partial charge in [-0.1, -0.05) is 61.7 Å². The summed E-state index contributed by atoms with van der Waals surface area (Å²) < 4.78 is 15.9. The van der Waals surface area contributed by atoms with E-state index in [0.29, 0.717) is 12.0 Å². The van der Waals surface area contributed by atoms with Crippen LogP contribution in [0.4, 0.5) is 0 Å². The van der Waals surface area contributed by atoms with Crippen molar-refractivity contribution >= 4 is 5.91 Å². The second-order valence-electron chi connectivity index (χ2n) is 10.9. The van der Waals surface area contributed by atoms with Crippen LogP contribution in [0.2, 0.25) is 0 Å². The second-order valence-corrected chi connectivity index (χ2v) is 10.9. The van der Waals surface area contributed by atoms with Crippen molar-refractivity contribution in [2.24, 2.45) is 7.05 Å². The summed E-state index contributed by atoms with van der Waals surface area (Å²) in [6, 6.07) is 17.3. The van der Waals surface area contributed by atoms with Crippen molar-refractivity contribution in [2.75, 3.05) is 7.05 Å². The Labute approximate surface area is 235 Å². The van der Waals surface area contributed by atoms with Crippen LogP contribution in [-0.4, -0.2) is 44.7 Å². The first kappa shape index (κ1) is 27.9. The maximum atomic E-state index is 13.8. The second kappa shape index (κ2) is 12.3. The van der Waals surface area contributed by atoms with Gasteiger partial charge in [-0.2, -0.15) is 0 Å². The lowest BCUT2D eigenvalue weighted by molar-refractivity contribution is -0.156. The van der Waals surface area contributed by atoms with Crippen LogP contribution in [0.15, 0.2) is 71.2 Å². The van der Waals surface area contributed by atoms with Crippen LogP contribution in [0.25, 0.3) is 5.69 Å². The van der Waals surface area contributed by atoms with Crippen LogP contribution >= 0.6 is 0 Å². The van der Waals surface area contributed by atoms with Gasteiger partial charge in [-0.05, 0) is 49.1 Å². The Morgan fingerprint density at radius 3 is 2.40 bits per heavy atom. The van der Waals surface area contributed by atoms with Crippen LogP contribution in [-0.2, 0) is 34.5 Å². The van der Waals surface area contributed by atoms with E-state index in [1.807, 2.05) is 86.4 Å². The number of nitrogens with zero attached hydrogens (tertiary/aromatic N) is 3. The Morgan fingerprint density at radius 2 is 1.73 bits per heavy atom. The minimum Gasteiger partial charge on any atom is -0.459 e. The molecule has 2 heterocycles. The van der Waals surface area contributed by atoms with Crippen molar-refractivity contribution in [1.29, 1.82) is 0 Å². The number of aliphatic hydroxyl groups is 1. The van der Waals surface area contributed by atoms with Crippen molar-refractivity contribution in [3.63, 3.8) is 0 Å². The van der Waals surface area contributed by atoms with E-state index >= 15 is 0 Å². The third kappa shape index (κ3) is 5.78. The van der Waals surface area contributed by atoms with Crippen molar-refractivity contribution in [3.05, 3.63) is 99.2 Å². The zero-order valence-electron chi connectivity index (χ0n) is 23.6. The molecule has 1 aliphatic carbocycles. The van der Waals surface area contributed by atoms with Gasteiger partial charge in [0.1, 0.15) is 0 Å². The predicted octanol–water partition coefficient (Wildman–Crippen LogP) is 4.70. The number of benzene rings is 2. The Kier molecular flexibility index (Phi) is 8.57. The molecule has 0 radical (unpaired) electrons. The lowest BCUT2D eigenvalue weighted by atomic mass is 9.92. The molecule has 2 atom stereocenters. The smallest absolute Gasteiger partial charge is 0.288 e. The minimum absolute atomic E-state index is 0.0176. The number of aromatic nitrogens is 2. The number of amides is 1. The average Bonchev–Trinajstić information content (AvgIpc) is 3.23. The highest BCUT2D eigenvalue weighted by atomic mass is 16.7. The summed E-state index contributed by atoms with van der Waals surface area (Å²) in [6.45, 7) is 2.20.